The number of hydrogen-bond acceptors (Lipinski definition) is 3. The van der Waals surface area contributed by atoms with Gasteiger partial charge in [-0.2, -0.15) is 0 Å². The van der Waals surface area contributed by atoms with Crippen LogP contribution in [0.3, 0.4) is 0 Å². The number of nitrogens with one attached hydrogen (secondary N) is 1. The molecule has 1 aromatic carbocycles. The Morgan fingerprint density at radius 2 is 2.00 bits per heavy atom. The van der Waals surface area contributed by atoms with E-state index in [0.29, 0.717) is 16.8 Å². The quantitative estimate of drug-likeness (QED) is 0.496. The van der Waals surface area contributed by atoms with Crippen molar-refractivity contribution < 1.29 is 9.72 Å². The van der Waals surface area contributed by atoms with Crippen molar-refractivity contribution in [2.45, 2.75) is 20.8 Å². The van der Waals surface area contributed by atoms with Gasteiger partial charge in [-0.05, 0) is 38.5 Å². The molecule has 5 heteroatoms. The Kier molecular flexibility index (Phi) is 3.98. The highest BCUT2D eigenvalue weighted by atomic mass is 16.6. The lowest BCUT2D eigenvalue weighted by Crippen LogP contribution is -2.09. The molecule has 0 spiro atoms. The van der Waals surface area contributed by atoms with Crippen LogP contribution in [-0.4, -0.2) is 10.8 Å². The largest absolute Gasteiger partial charge is 0.322 e. The van der Waals surface area contributed by atoms with Crippen LogP contribution in [0.25, 0.3) is 0 Å². The lowest BCUT2D eigenvalue weighted by Gasteiger charge is -2.08. The molecule has 0 heterocycles. The summed E-state index contributed by atoms with van der Waals surface area (Å²) < 4.78 is 0. The molecule has 1 N–H and O–H groups in total. The van der Waals surface area contributed by atoms with Gasteiger partial charge in [0.15, 0.2) is 0 Å². The Labute approximate surface area is 99.3 Å². The fraction of sp³-hybridized carbons (Fsp3) is 0.250. The first-order valence-electron chi connectivity index (χ1n) is 5.15. The maximum atomic E-state index is 11.4. The third-order valence-electron chi connectivity index (χ3n) is 2.32. The number of nitrogens with zero attached hydrogens (tertiary/aromatic N) is 1. The van der Waals surface area contributed by atoms with Crippen LogP contribution in [0.2, 0.25) is 0 Å². The summed E-state index contributed by atoms with van der Waals surface area (Å²) in [6.45, 7) is 5.11. The van der Waals surface area contributed by atoms with E-state index in [2.05, 4.69) is 5.32 Å². The summed E-state index contributed by atoms with van der Waals surface area (Å²) in [4.78, 5) is 21.6. The van der Waals surface area contributed by atoms with Crippen molar-refractivity contribution in [2.75, 3.05) is 5.32 Å². The summed E-state index contributed by atoms with van der Waals surface area (Å²) >= 11 is 0. The Balaban J connectivity index is 3.07. The summed E-state index contributed by atoms with van der Waals surface area (Å²) in [5.41, 5.74) is 1.85. The average Bonchev–Trinajstić information content (AvgIpc) is 2.22. The van der Waals surface area contributed by atoms with Gasteiger partial charge in [-0.15, -0.1) is 0 Å². The van der Waals surface area contributed by atoms with Gasteiger partial charge in [-0.25, -0.2) is 0 Å². The number of anilines is 1. The average molecular weight is 234 g/mol. The number of carbonyl (C=O) groups excluding carboxylic acids is 1. The number of aryl methyl sites for hydroxylation is 2. The number of benzene rings is 1. The highest BCUT2D eigenvalue weighted by Crippen LogP contribution is 2.25. The minimum Gasteiger partial charge on any atom is -0.322 e. The second-order valence-electron chi connectivity index (χ2n) is 3.70. The van der Waals surface area contributed by atoms with Crippen LogP contribution >= 0.6 is 0 Å². The lowest BCUT2D eigenvalue weighted by atomic mass is 10.1. The fourth-order valence-corrected chi connectivity index (χ4v) is 1.46. The van der Waals surface area contributed by atoms with E-state index in [1.165, 1.54) is 12.1 Å². The first-order chi connectivity index (χ1) is 7.95. The number of amides is 1. The third kappa shape index (κ3) is 3.14. The Morgan fingerprint density at radius 1 is 1.35 bits per heavy atom. The molecule has 1 rings (SSSR count). The number of hydrogen-bond donors (Lipinski definition) is 1. The second kappa shape index (κ2) is 5.25. The van der Waals surface area contributed by atoms with Crippen molar-refractivity contribution in [3.63, 3.8) is 0 Å². The van der Waals surface area contributed by atoms with Crippen molar-refractivity contribution in [2.24, 2.45) is 0 Å². The van der Waals surface area contributed by atoms with Crippen molar-refractivity contribution >= 4 is 17.3 Å². The molecule has 0 aliphatic carbocycles. The summed E-state index contributed by atoms with van der Waals surface area (Å²) in [7, 11) is 0. The van der Waals surface area contributed by atoms with Gasteiger partial charge in [0.05, 0.1) is 4.92 Å². The lowest BCUT2D eigenvalue weighted by molar-refractivity contribution is -0.385. The summed E-state index contributed by atoms with van der Waals surface area (Å²) in [6.07, 6.45) is 3.03. The van der Waals surface area contributed by atoms with Crippen LogP contribution in [0.5, 0.6) is 0 Å². The molecule has 0 aromatic heterocycles. The van der Waals surface area contributed by atoms with Crippen LogP contribution < -0.4 is 5.32 Å². The Hall–Kier alpha value is -2.17. The molecule has 0 aliphatic rings. The molecule has 0 unspecified atom stereocenters. The normalized spacial score (nSPS) is 10.5. The number of rotatable bonds is 3. The van der Waals surface area contributed by atoms with Crippen LogP contribution in [0.4, 0.5) is 11.4 Å². The molecule has 90 valence electrons. The van der Waals surface area contributed by atoms with Crippen molar-refractivity contribution in [1.29, 1.82) is 0 Å². The molecule has 0 saturated carbocycles. The van der Waals surface area contributed by atoms with Crippen LogP contribution in [-0.2, 0) is 4.79 Å². The fourth-order valence-electron chi connectivity index (χ4n) is 1.46. The minimum absolute atomic E-state index is 0.0616. The van der Waals surface area contributed by atoms with E-state index in [4.69, 9.17) is 0 Å². The van der Waals surface area contributed by atoms with Gasteiger partial charge in [0.1, 0.15) is 0 Å². The number of nitro groups is 1. The van der Waals surface area contributed by atoms with E-state index in [0.717, 1.165) is 0 Å². The van der Waals surface area contributed by atoms with Crippen molar-refractivity contribution in [3.05, 3.63) is 45.5 Å². The molecular formula is C12H14N2O3. The summed E-state index contributed by atoms with van der Waals surface area (Å²) in [6, 6.07) is 3.06. The van der Waals surface area contributed by atoms with Crippen molar-refractivity contribution in [3.8, 4) is 0 Å². The van der Waals surface area contributed by atoms with Gasteiger partial charge in [0, 0.05) is 17.3 Å². The highest BCUT2D eigenvalue weighted by Gasteiger charge is 2.13. The molecule has 0 radical (unpaired) electrons. The molecule has 17 heavy (non-hydrogen) atoms. The first-order valence-corrected chi connectivity index (χ1v) is 5.15. The maximum absolute atomic E-state index is 11.4. The van der Waals surface area contributed by atoms with Gasteiger partial charge < -0.3 is 5.32 Å². The molecule has 5 nitrogen and oxygen atoms in total. The third-order valence-corrected chi connectivity index (χ3v) is 2.32. The zero-order valence-corrected chi connectivity index (χ0v) is 9.98. The number of nitro benzene ring substituents is 1. The van der Waals surface area contributed by atoms with E-state index in [-0.39, 0.29) is 11.6 Å². The maximum Gasteiger partial charge on any atom is 0.272 e. The van der Waals surface area contributed by atoms with E-state index >= 15 is 0 Å². The standard InChI is InChI=1S/C12H14N2O3/c1-4-5-12(15)13-10-6-9(3)11(14(16)17)7-8(10)2/h4-7H,1-3H3,(H,13,15)/b5-4+. The smallest absolute Gasteiger partial charge is 0.272 e. The predicted molar refractivity (Wildman–Crippen MR) is 66.0 cm³/mol. The van der Waals surface area contributed by atoms with Crippen LogP contribution in [0.15, 0.2) is 24.3 Å². The monoisotopic (exact) mass is 234 g/mol. The van der Waals surface area contributed by atoms with Gasteiger partial charge in [0.2, 0.25) is 5.91 Å². The molecule has 0 bridgehead atoms. The molecule has 0 saturated heterocycles. The summed E-state index contributed by atoms with van der Waals surface area (Å²) in [5.74, 6) is -0.246. The Bertz CT molecular complexity index is 493. The van der Waals surface area contributed by atoms with Gasteiger partial charge >= 0.3 is 0 Å². The molecule has 0 fully saturated rings. The SMILES string of the molecule is C/C=C/C(=O)Nc1cc(C)c([N+](=O)[O-])cc1C. The number of carbonyl (C=O) groups is 1. The zero-order chi connectivity index (χ0) is 13.0. The minimum atomic E-state index is -0.431. The topological polar surface area (TPSA) is 72.2 Å². The van der Waals surface area contributed by atoms with Crippen molar-refractivity contribution in [1.82, 2.24) is 0 Å². The van der Waals surface area contributed by atoms with Gasteiger partial charge in [-0.3, -0.25) is 14.9 Å². The molecule has 1 aromatic rings. The van der Waals surface area contributed by atoms with Crippen LogP contribution in [0.1, 0.15) is 18.1 Å². The van der Waals surface area contributed by atoms with E-state index in [1.807, 2.05) is 0 Å². The van der Waals surface area contributed by atoms with Gasteiger partial charge in [-0.1, -0.05) is 6.08 Å². The molecular weight excluding hydrogens is 220 g/mol. The summed E-state index contributed by atoms with van der Waals surface area (Å²) in [5, 5.41) is 13.4. The Morgan fingerprint density at radius 3 is 2.53 bits per heavy atom. The molecule has 1 amide bonds. The molecule has 0 atom stereocenters. The number of allylic oxidation sites excluding steroid dienone is 1. The van der Waals surface area contributed by atoms with E-state index in [9.17, 15) is 14.9 Å². The highest BCUT2D eigenvalue weighted by molar-refractivity contribution is 5.99. The molecule has 0 aliphatic heterocycles. The predicted octanol–water partition coefficient (Wildman–Crippen LogP) is 2.73. The first kappa shape index (κ1) is 12.9. The van der Waals surface area contributed by atoms with Crippen LogP contribution in [0, 0.1) is 24.0 Å². The second-order valence-corrected chi connectivity index (χ2v) is 3.70. The zero-order valence-electron chi connectivity index (χ0n) is 9.98. The van der Waals surface area contributed by atoms with E-state index < -0.39 is 4.92 Å². The van der Waals surface area contributed by atoms with E-state index in [1.54, 1.807) is 32.9 Å². The van der Waals surface area contributed by atoms with Gasteiger partial charge in [0.25, 0.3) is 5.69 Å².